The number of nitrogens with one attached hydrogen (secondary N) is 1. The van der Waals surface area contributed by atoms with Crippen molar-refractivity contribution in [3.63, 3.8) is 0 Å². The largest absolute Gasteiger partial charge is 0.488 e. The third-order valence-corrected chi connectivity index (χ3v) is 3.65. The van der Waals surface area contributed by atoms with Crippen LogP contribution in [-0.2, 0) is 13.0 Å². The first-order chi connectivity index (χ1) is 9.72. The van der Waals surface area contributed by atoms with E-state index in [1.165, 1.54) is 5.56 Å². The van der Waals surface area contributed by atoms with E-state index in [0.717, 1.165) is 24.3 Å². The van der Waals surface area contributed by atoms with Gasteiger partial charge in [0.25, 0.3) is 0 Å². The fourth-order valence-corrected chi connectivity index (χ4v) is 2.49. The summed E-state index contributed by atoms with van der Waals surface area (Å²) in [4.78, 5) is 0. The molecule has 0 amide bonds. The van der Waals surface area contributed by atoms with Gasteiger partial charge in [0.05, 0.1) is 0 Å². The molecule has 0 saturated carbocycles. The van der Waals surface area contributed by atoms with Crippen LogP contribution in [0.15, 0.2) is 42.5 Å². The van der Waals surface area contributed by atoms with Gasteiger partial charge in [-0.2, -0.15) is 0 Å². The van der Waals surface area contributed by atoms with E-state index in [-0.39, 0.29) is 11.9 Å². The average molecular weight is 271 g/mol. The van der Waals surface area contributed by atoms with Crippen molar-refractivity contribution < 1.29 is 9.13 Å². The van der Waals surface area contributed by atoms with Gasteiger partial charge < -0.3 is 10.1 Å². The normalized spacial score (nSPS) is 16.8. The van der Waals surface area contributed by atoms with Crippen LogP contribution in [0.4, 0.5) is 4.39 Å². The van der Waals surface area contributed by atoms with Crippen LogP contribution in [0.1, 0.15) is 16.7 Å². The summed E-state index contributed by atoms with van der Waals surface area (Å²) in [5.74, 6) is 0.842. The Morgan fingerprint density at radius 1 is 1.25 bits per heavy atom. The van der Waals surface area contributed by atoms with E-state index >= 15 is 0 Å². The van der Waals surface area contributed by atoms with Crippen LogP contribution in [-0.4, -0.2) is 12.6 Å². The predicted octanol–water partition coefficient (Wildman–Crippen LogP) is 3.23. The summed E-state index contributed by atoms with van der Waals surface area (Å²) in [6, 6.07) is 13.5. The van der Waals surface area contributed by atoms with Crippen LogP contribution in [0.3, 0.4) is 0 Å². The smallest absolute Gasteiger partial charge is 0.126 e. The van der Waals surface area contributed by atoms with Gasteiger partial charge in [-0.15, -0.1) is 0 Å². The number of fused-ring (bicyclic) bond motifs is 1. The molecule has 0 saturated heterocycles. The van der Waals surface area contributed by atoms with Gasteiger partial charge in [-0.1, -0.05) is 30.3 Å². The Labute approximate surface area is 118 Å². The fraction of sp³-hybridized carbons (Fsp3) is 0.294. The van der Waals surface area contributed by atoms with Gasteiger partial charge in [-0.3, -0.25) is 0 Å². The third kappa shape index (κ3) is 2.83. The number of ether oxygens (including phenoxy) is 1. The van der Waals surface area contributed by atoms with E-state index in [4.69, 9.17) is 4.74 Å². The van der Waals surface area contributed by atoms with Crippen molar-refractivity contribution in [1.29, 1.82) is 0 Å². The Balaban J connectivity index is 1.51. The molecule has 20 heavy (non-hydrogen) atoms. The highest BCUT2D eigenvalue weighted by atomic mass is 19.1. The van der Waals surface area contributed by atoms with E-state index in [1.807, 2.05) is 30.3 Å². The number of halogens is 1. The van der Waals surface area contributed by atoms with Crippen LogP contribution in [0, 0.1) is 12.7 Å². The molecule has 0 spiro atoms. The molecule has 1 N–H and O–H groups in total. The molecule has 1 unspecified atom stereocenters. The van der Waals surface area contributed by atoms with Gasteiger partial charge in [-0.05, 0) is 35.7 Å². The first-order valence-electron chi connectivity index (χ1n) is 6.92. The lowest BCUT2D eigenvalue weighted by Gasteiger charge is -2.12. The molecule has 2 aromatic carbocycles. The molecule has 1 heterocycles. The number of hydrogen-bond donors (Lipinski definition) is 1. The molecule has 0 aromatic heterocycles. The molecule has 3 rings (SSSR count). The molecular formula is C17H18FNO. The van der Waals surface area contributed by atoms with Gasteiger partial charge >= 0.3 is 0 Å². The lowest BCUT2D eigenvalue weighted by atomic mass is 10.1. The van der Waals surface area contributed by atoms with Crippen molar-refractivity contribution >= 4 is 0 Å². The molecule has 104 valence electrons. The zero-order chi connectivity index (χ0) is 13.9. The highest BCUT2D eigenvalue weighted by Gasteiger charge is 2.21. The lowest BCUT2D eigenvalue weighted by molar-refractivity contribution is 0.227. The maximum absolute atomic E-state index is 13.4. The second kappa shape index (κ2) is 5.63. The topological polar surface area (TPSA) is 21.3 Å². The Morgan fingerprint density at radius 3 is 2.90 bits per heavy atom. The number of para-hydroxylation sites is 1. The maximum atomic E-state index is 13.4. The van der Waals surface area contributed by atoms with Crippen molar-refractivity contribution in [3.05, 3.63) is 65.0 Å². The van der Waals surface area contributed by atoms with Crippen LogP contribution < -0.4 is 10.1 Å². The summed E-state index contributed by atoms with van der Waals surface area (Å²) in [5, 5.41) is 3.33. The monoisotopic (exact) mass is 271 g/mol. The van der Waals surface area contributed by atoms with Crippen LogP contribution in [0.25, 0.3) is 0 Å². The predicted molar refractivity (Wildman–Crippen MR) is 77.4 cm³/mol. The minimum absolute atomic E-state index is 0.145. The molecule has 0 fully saturated rings. The zero-order valence-electron chi connectivity index (χ0n) is 11.5. The van der Waals surface area contributed by atoms with Crippen molar-refractivity contribution in [2.45, 2.75) is 26.0 Å². The number of aryl methyl sites for hydroxylation is 1. The van der Waals surface area contributed by atoms with Gasteiger partial charge in [0.2, 0.25) is 0 Å². The molecule has 3 heteroatoms. The second-order valence-corrected chi connectivity index (χ2v) is 5.27. The zero-order valence-corrected chi connectivity index (χ0v) is 11.5. The van der Waals surface area contributed by atoms with Crippen LogP contribution in [0.2, 0.25) is 0 Å². The van der Waals surface area contributed by atoms with Crippen LogP contribution in [0.5, 0.6) is 5.75 Å². The Morgan fingerprint density at radius 2 is 2.10 bits per heavy atom. The van der Waals surface area contributed by atoms with Crippen LogP contribution >= 0.6 is 0 Å². The summed E-state index contributed by atoms with van der Waals surface area (Å²) in [6.45, 7) is 3.20. The molecule has 2 nitrogen and oxygen atoms in total. The minimum Gasteiger partial charge on any atom is -0.488 e. The third-order valence-electron chi connectivity index (χ3n) is 3.65. The Bertz CT molecular complexity index is 587. The molecule has 0 aliphatic carbocycles. The highest BCUT2D eigenvalue weighted by Crippen LogP contribution is 2.27. The van der Waals surface area contributed by atoms with Crippen molar-refractivity contribution in [1.82, 2.24) is 5.32 Å². The SMILES string of the molecule is Cc1ccc(CNCC2Cc3ccccc3O2)cc1F. The molecule has 1 aliphatic heterocycles. The molecular weight excluding hydrogens is 253 g/mol. The maximum Gasteiger partial charge on any atom is 0.126 e. The van der Waals surface area contributed by atoms with Gasteiger partial charge in [0.15, 0.2) is 0 Å². The summed E-state index contributed by atoms with van der Waals surface area (Å²) >= 11 is 0. The molecule has 1 aliphatic rings. The van der Waals surface area contributed by atoms with Crippen molar-refractivity contribution in [3.8, 4) is 5.75 Å². The Hall–Kier alpha value is -1.87. The molecule has 2 aromatic rings. The molecule has 0 radical (unpaired) electrons. The number of hydrogen-bond acceptors (Lipinski definition) is 2. The van der Waals surface area contributed by atoms with E-state index in [9.17, 15) is 4.39 Å². The summed E-state index contributed by atoms with van der Waals surface area (Å²) < 4.78 is 19.3. The van der Waals surface area contributed by atoms with E-state index in [0.29, 0.717) is 12.1 Å². The summed E-state index contributed by atoms with van der Waals surface area (Å²) in [7, 11) is 0. The van der Waals surface area contributed by atoms with Crippen molar-refractivity contribution in [2.75, 3.05) is 6.54 Å². The minimum atomic E-state index is -0.145. The first kappa shape index (κ1) is 13.1. The molecule has 0 bridgehead atoms. The number of benzene rings is 2. The van der Waals surface area contributed by atoms with E-state index in [1.54, 1.807) is 13.0 Å². The van der Waals surface area contributed by atoms with Gasteiger partial charge in [-0.25, -0.2) is 4.39 Å². The molecule has 1 atom stereocenters. The lowest BCUT2D eigenvalue weighted by Crippen LogP contribution is -2.29. The standard InChI is InChI=1S/C17H18FNO/c1-12-6-7-13(8-16(12)18)10-19-11-15-9-14-4-2-3-5-17(14)20-15/h2-8,15,19H,9-11H2,1H3. The first-order valence-corrected chi connectivity index (χ1v) is 6.92. The van der Waals surface area contributed by atoms with E-state index in [2.05, 4.69) is 11.4 Å². The highest BCUT2D eigenvalue weighted by molar-refractivity contribution is 5.37. The van der Waals surface area contributed by atoms with E-state index < -0.39 is 0 Å². The Kier molecular flexibility index (Phi) is 3.70. The summed E-state index contributed by atoms with van der Waals surface area (Å²) in [5.41, 5.74) is 2.91. The van der Waals surface area contributed by atoms with Gasteiger partial charge in [0.1, 0.15) is 17.7 Å². The fourth-order valence-electron chi connectivity index (χ4n) is 2.49. The second-order valence-electron chi connectivity index (χ2n) is 5.27. The summed E-state index contributed by atoms with van der Waals surface area (Å²) in [6.07, 6.45) is 1.11. The average Bonchev–Trinajstić information content (AvgIpc) is 2.85. The van der Waals surface area contributed by atoms with Crippen molar-refractivity contribution in [2.24, 2.45) is 0 Å². The van der Waals surface area contributed by atoms with Gasteiger partial charge in [0, 0.05) is 19.5 Å². The quantitative estimate of drug-likeness (QED) is 0.922. The number of rotatable bonds is 4.